The minimum absolute atomic E-state index is 0.0535. The molecule has 2 aromatic rings. The number of hydrogen-bond donors (Lipinski definition) is 0. The molecule has 0 radical (unpaired) electrons. The first-order valence-corrected chi connectivity index (χ1v) is 14.9. The lowest BCUT2D eigenvalue weighted by molar-refractivity contribution is -0.134. The van der Waals surface area contributed by atoms with Crippen molar-refractivity contribution in [3.05, 3.63) is 87.0 Å². The van der Waals surface area contributed by atoms with Crippen LogP contribution in [0.3, 0.4) is 0 Å². The van der Waals surface area contributed by atoms with Crippen LogP contribution in [0.5, 0.6) is 0 Å². The van der Waals surface area contributed by atoms with Gasteiger partial charge in [0.15, 0.2) is 17.3 Å². The molecular weight excluding hydrogens is 504 g/mol. The van der Waals surface area contributed by atoms with Gasteiger partial charge in [-0.15, -0.1) is 0 Å². The van der Waals surface area contributed by atoms with Crippen LogP contribution in [0.15, 0.2) is 59.2 Å². The average molecular weight is 549 g/mol. The van der Waals surface area contributed by atoms with Gasteiger partial charge in [-0.1, -0.05) is 81.3 Å². The van der Waals surface area contributed by atoms with Crippen LogP contribution in [-0.4, -0.2) is 17.3 Å². The maximum atomic E-state index is 14.8. The van der Waals surface area contributed by atoms with Crippen molar-refractivity contribution in [2.24, 2.45) is 16.2 Å². The Bertz CT molecular complexity index is 1630. The molecule has 0 saturated carbocycles. The van der Waals surface area contributed by atoms with Crippen molar-refractivity contribution < 1.29 is 14.4 Å². The van der Waals surface area contributed by atoms with Crippen molar-refractivity contribution in [2.75, 3.05) is 0 Å². The first-order valence-electron chi connectivity index (χ1n) is 14.9. The van der Waals surface area contributed by atoms with Gasteiger partial charge in [0.2, 0.25) is 0 Å². The minimum Gasteiger partial charge on any atom is -0.294 e. The maximum Gasteiger partial charge on any atom is 0.190 e. The smallest absolute Gasteiger partial charge is 0.190 e. The van der Waals surface area contributed by atoms with E-state index in [0.717, 1.165) is 68.5 Å². The highest BCUT2D eigenvalue weighted by molar-refractivity contribution is 6.24. The summed E-state index contributed by atoms with van der Waals surface area (Å²) in [6.45, 7) is 24.4. The van der Waals surface area contributed by atoms with E-state index in [1.165, 1.54) is 12.5 Å². The van der Waals surface area contributed by atoms with Gasteiger partial charge in [-0.05, 0) is 106 Å². The monoisotopic (exact) mass is 548 g/mol. The molecule has 0 aliphatic heterocycles. The number of rotatable bonds is 4. The number of allylic oxidation sites excluding steroid dienone is 5. The van der Waals surface area contributed by atoms with Crippen molar-refractivity contribution >= 4 is 22.9 Å². The normalized spacial score (nSPS) is 27.6. The minimum atomic E-state index is -0.902. The van der Waals surface area contributed by atoms with Gasteiger partial charge in [-0.3, -0.25) is 14.4 Å². The lowest BCUT2D eigenvalue weighted by Crippen LogP contribution is -2.57. The van der Waals surface area contributed by atoms with E-state index in [1.54, 1.807) is 0 Å². The van der Waals surface area contributed by atoms with Gasteiger partial charge in [-0.25, -0.2) is 0 Å². The number of ketones is 3. The van der Waals surface area contributed by atoms with E-state index in [0.29, 0.717) is 12.0 Å². The van der Waals surface area contributed by atoms with Crippen LogP contribution in [0.2, 0.25) is 0 Å². The maximum absolute atomic E-state index is 14.8. The van der Waals surface area contributed by atoms with E-state index in [1.807, 2.05) is 27.7 Å². The second-order valence-corrected chi connectivity index (χ2v) is 14.2. The van der Waals surface area contributed by atoms with E-state index >= 15 is 0 Å². The molecule has 0 amide bonds. The second-order valence-electron chi connectivity index (χ2n) is 14.2. The molecule has 3 atom stereocenters. The average Bonchev–Trinajstić information content (AvgIpc) is 2.85. The third kappa shape index (κ3) is 3.95. The molecule has 0 fully saturated rings. The Morgan fingerprint density at radius 2 is 1.56 bits per heavy atom. The number of hydrogen-bond acceptors (Lipinski definition) is 3. The Morgan fingerprint density at radius 3 is 2.10 bits per heavy atom. The molecule has 0 unspecified atom stereocenters. The zero-order chi connectivity index (χ0) is 30.4. The van der Waals surface area contributed by atoms with Gasteiger partial charge < -0.3 is 0 Å². The molecule has 2 aromatic carbocycles. The van der Waals surface area contributed by atoms with Crippen molar-refractivity contribution in [1.29, 1.82) is 0 Å². The zero-order valence-electron chi connectivity index (χ0n) is 26.5. The highest BCUT2D eigenvalue weighted by Crippen LogP contribution is 2.66. The van der Waals surface area contributed by atoms with E-state index in [2.05, 4.69) is 71.5 Å². The molecule has 0 spiro atoms. The fourth-order valence-corrected chi connectivity index (χ4v) is 8.76. The third-order valence-corrected chi connectivity index (χ3v) is 10.9. The summed E-state index contributed by atoms with van der Waals surface area (Å²) >= 11 is 0. The van der Waals surface area contributed by atoms with Crippen LogP contribution in [0.4, 0.5) is 0 Å². The Labute approximate surface area is 245 Å². The molecule has 0 aromatic heterocycles. The highest BCUT2D eigenvalue weighted by atomic mass is 16.2. The standard InChI is InChI=1S/C38H44O3/c1-20(2)26-12-14-27(15-13-26)29-16-28(21(3)4)30-18-36(9)19-37(10)17-22(5)31(25(8)39)35(41)38(37,11)24(7)33(36)34(40)32(30)23(29)6/h12-16,21H,1,17-19H2,2-11H3/t36-,37+,38+/m1/s1. The van der Waals surface area contributed by atoms with Crippen LogP contribution in [0.1, 0.15) is 114 Å². The summed E-state index contributed by atoms with van der Waals surface area (Å²) in [6.07, 6.45) is 2.18. The topological polar surface area (TPSA) is 51.2 Å². The summed E-state index contributed by atoms with van der Waals surface area (Å²) < 4.78 is 0. The van der Waals surface area contributed by atoms with Gasteiger partial charge in [0.05, 0.1) is 11.0 Å². The van der Waals surface area contributed by atoms with E-state index in [9.17, 15) is 14.4 Å². The summed E-state index contributed by atoms with van der Waals surface area (Å²) in [4.78, 5) is 41.6. The molecule has 3 aliphatic rings. The van der Waals surface area contributed by atoms with Crippen molar-refractivity contribution in [3.63, 3.8) is 0 Å². The Morgan fingerprint density at radius 1 is 0.951 bits per heavy atom. The van der Waals surface area contributed by atoms with Crippen LogP contribution in [0, 0.1) is 23.2 Å². The molecule has 3 aliphatic carbocycles. The predicted molar refractivity (Wildman–Crippen MR) is 168 cm³/mol. The summed E-state index contributed by atoms with van der Waals surface area (Å²) in [5.74, 6) is 0.0115. The SMILES string of the molecule is C=C(C)c1ccc(-c2cc(C(C)C)c3c(c2C)C(=O)C2=C(C)[C@@]4(C)C(=O)C(C(C)=O)=C(C)C[C@@]4(C)C[C@@]2(C)C3)cc1. The Kier molecular flexibility index (Phi) is 6.65. The van der Waals surface area contributed by atoms with Crippen molar-refractivity contribution in [3.8, 4) is 11.1 Å². The first kappa shape index (κ1) is 29.2. The van der Waals surface area contributed by atoms with E-state index in [4.69, 9.17) is 0 Å². The molecule has 0 bridgehead atoms. The lowest BCUT2D eigenvalue weighted by atomic mass is 9.42. The molecule has 0 heterocycles. The van der Waals surface area contributed by atoms with Gasteiger partial charge in [0, 0.05) is 16.6 Å². The number of carbonyl (C=O) groups excluding carboxylic acids is 3. The van der Waals surface area contributed by atoms with Crippen molar-refractivity contribution in [2.45, 2.75) is 94.4 Å². The highest BCUT2D eigenvalue weighted by Gasteiger charge is 2.63. The number of carbonyl (C=O) groups is 3. The summed E-state index contributed by atoms with van der Waals surface area (Å²) in [5.41, 5.74) is 9.64. The van der Waals surface area contributed by atoms with Crippen LogP contribution >= 0.6 is 0 Å². The van der Waals surface area contributed by atoms with Gasteiger partial charge in [0.1, 0.15) is 0 Å². The van der Waals surface area contributed by atoms with Crippen LogP contribution in [0.25, 0.3) is 16.7 Å². The first-order chi connectivity index (χ1) is 19.0. The number of Topliss-reactive ketones (excluding diaryl/α,β-unsaturated/α-hetero) is 3. The molecule has 41 heavy (non-hydrogen) atoms. The third-order valence-electron chi connectivity index (χ3n) is 10.9. The van der Waals surface area contributed by atoms with E-state index in [-0.39, 0.29) is 28.7 Å². The fourth-order valence-electron chi connectivity index (χ4n) is 8.76. The summed E-state index contributed by atoms with van der Waals surface area (Å²) in [6, 6.07) is 10.7. The fraction of sp³-hybridized carbons (Fsp3) is 0.447. The molecule has 5 rings (SSSR count). The quantitative estimate of drug-likeness (QED) is 0.358. The van der Waals surface area contributed by atoms with Crippen molar-refractivity contribution in [1.82, 2.24) is 0 Å². The molecule has 0 N–H and O–H groups in total. The number of benzene rings is 2. The number of fused-ring (bicyclic) bond motifs is 3. The molecule has 214 valence electrons. The zero-order valence-corrected chi connectivity index (χ0v) is 26.5. The van der Waals surface area contributed by atoms with Gasteiger partial charge >= 0.3 is 0 Å². The van der Waals surface area contributed by atoms with Crippen LogP contribution < -0.4 is 0 Å². The van der Waals surface area contributed by atoms with Gasteiger partial charge in [-0.2, -0.15) is 0 Å². The van der Waals surface area contributed by atoms with Gasteiger partial charge in [0.25, 0.3) is 0 Å². The van der Waals surface area contributed by atoms with E-state index < -0.39 is 10.8 Å². The Balaban J connectivity index is 1.77. The molecule has 3 heteroatoms. The Hall–Kier alpha value is -3.33. The predicted octanol–water partition coefficient (Wildman–Crippen LogP) is 9.17. The molecule has 0 saturated heterocycles. The second kappa shape index (κ2) is 9.34. The molecular formula is C38H44O3. The summed E-state index contributed by atoms with van der Waals surface area (Å²) in [7, 11) is 0. The van der Waals surface area contributed by atoms with Crippen LogP contribution in [-0.2, 0) is 16.0 Å². The molecule has 3 nitrogen and oxygen atoms in total. The lowest BCUT2D eigenvalue weighted by Gasteiger charge is -2.59. The summed E-state index contributed by atoms with van der Waals surface area (Å²) in [5, 5.41) is 0. The largest absolute Gasteiger partial charge is 0.294 e.